The molecule has 2 aromatic carbocycles. The van der Waals surface area contributed by atoms with E-state index in [1.54, 1.807) is 24.3 Å². The third-order valence-corrected chi connectivity index (χ3v) is 4.27. The van der Waals surface area contributed by atoms with E-state index < -0.39 is 6.03 Å². The Bertz CT molecular complexity index is 984. The largest absolute Gasteiger partial charge is 0.394 e. The van der Waals surface area contributed by atoms with Gasteiger partial charge in [-0.3, -0.25) is 5.32 Å². The highest BCUT2D eigenvalue weighted by atomic mass is 19.1. The molecule has 3 N–H and O–H groups in total. The van der Waals surface area contributed by atoms with Gasteiger partial charge in [0.05, 0.1) is 24.1 Å². The smallest absolute Gasteiger partial charge is 0.323 e. The van der Waals surface area contributed by atoms with Crippen molar-refractivity contribution in [1.82, 2.24) is 14.7 Å². The minimum Gasteiger partial charge on any atom is -0.394 e. The third kappa shape index (κ3) is 2.85. The highest BCUT2D eigenvalue weighted by Crippen LogP contribution is 2.26. The molecule has 6 nitrogen and oxygen atoms in total. The van der Waals surface area contributed by atoms with Crippen LogP contribution in [0.25, 0.3) is 5.69 Å². The Balaban J connectivity index is 1.51. The Morgan fingerprint density at radius 1 is 1.12 bits per heavy atom. The van der Waals surface area contributed by atoms with Gasteiger partial charge >= 0.3 is 6.03 Å². The van der Waals surface area contributed by atoms with Crippen LogP contribution < -0.4 is 11.1 Å². The molecule has 1 aliphatic heterocycles. The molecule has 0 radical (unpaired) electrons. The van der Waals surface area contributed by atoms with Gasteiger partial charge in [-0.25, -0.2) is 18.3 Å². The summed E-state index contributed by atoms with van der Waals surface area (Å²) in [6, 6.07) is 10.1. The summed E-state index contributed by atoms with van der Waals surface area (Å²) in [7, 11) is 0. The number of hydrogen-bond donors (Lipinski definition) is 2. The van der Waals surface area contributed by atoms with Crippen LogP contribution in [0.3, 0.4) is 0 Å². The van der Waals surface area contributed by atoms with Crippen LogP contribution in [0.4, 0.5) is 25.1 Å². The van der Waals surface area contributed by atoms with Gasteiger partial charge < -0.3 is 10.6 Å². The molecule has 26 heavy (non-hydrogen) atoms. The molecule has 8 heteroatoms. The van der Waals surface area contributed by atoms with Gasteiger partial charge in [0.15, 0.2) is 5.82 Å². The molecule has 0 aliphatic carbocycles. The number of nitrogens with zero attached hydrogens (tertiary/aromatic N) is 3. The first kappa shape index (κ1) is 16.1. The molecule has 0 fully saturated rings. The molecule has 0 bridgehead atoms. The Morgan fingerprint density at radius 3 is 2.62 bits per heavy atom. The van der Waals surface area contributed by atoms with Crippen LogP contribution in [0.15, 0.2) is 48.7 Å². The van der Waals surface area contributed by atoms with Crippen molar-refractivity contribution in [2.75, 3.05) is 11.1 Å². The Hall–Kier alpha value is -3.42. The molecule has 3 aromatic rings. The number of anilines is 2. The molecule has 0 spiro atoms. The predicted molar refractivity (Wildman–Crippen MR) is 92.6 cm³/mol. The van der Waals surface area contributed by atoms with E-state index in [2.05, 4.69) is 10.4 Å². The molecule has 2 heterocycles. The zero-order valence-corrected chi connectivity index (χ0v) is 13.6. The van der Waals surface area contributed by atoms with Crippen LogP contribution in [0.1, 0.15) is 11.1 Å². The average Bonchev–Trinajstić information content (AvgIpc) is 3.21. The summed E-state index contributed by atoms with van der Waals surface area (Å²) < 4.78 is 28.3. The summed E-state index contributed by atoms with van der Waals surface area (Å²) in [5, 5.41) is 6.87. The molecule has 0 saturated heterocycles. The van der Waals surface area contributed by atoms with Crippen molar-refractivity contribution < 1.29 is 13.6 Å². The van der Waals surface area contributed by atoms with Crippen molar-refractivity contribution in [3.05, 3.63) is 71.4 Å². The molecule has 132 valence electrons. The predicted octanol–water partition coefficient (Wildman–Crippen LogP) is 3.28. The van der Waals surface area contributed by atoms with Crippen molar-refractivity contribution in [3.8, 4) is 5.69 Å². The summed E-state index contributed by atoms with van der Waals surface area (Å²) in [6.45, 7) is 0.504. The van der Waals surface area contributed by atoms with Crippen LogP contribution in [0.5, 0.6) is 0 Å². The first-order valence-corrected chi connectivity index (χ1v) is 7.94. The molecule has 1 aromatic heterocycles. The van der Waals surface area contributed by atoms with Crippen molar-refractivity contribution in [3.63, 3.8) is 0 Å². The van der Waals surface area contributed by atoms with E-state index in [-0.39, 0.29) is 29.7 Å². The first-order chi connectivity index (χ1) is 12.5. The van der Waals surface area contributed by atoms with Crippen molar-refractivity contribution in [2.24, 2.45) is 0 Å². The Labute approximate surface area is 147 Å². The topological polar surface area (TPSA) is 76.2 Å². The molecular weight excluding hydrogens is 340 g/mol. The molecule has 4 rings (SSSR count). The number of benzene rings is 2. The normalized spacial score (nSPS) is 12.9. The van der Waals surface area contributed by atoms with Gasteiger partial charge in [0, 0.05) is 12.1 Å². The van der Waals surface area contributed by atoms with E-state index >= 15 is 0 Å². The van der Waals surface area contributed by atoms with E-state index in [1.165, 1.54) is 34.0 Å². The maximum absolute atomic E-state index is 13.8. The van der Waals surface area contributed by atoms with Gasteiger partial charge in [0.2, 0.25) is 0 Å². The lowest BCUT2D eigenvalue weighted by Crippen LogP contribution is -2.30. The van der Waals surface area contributed by atoms with Gasteiger partial charge in [0.25, 0.3) is 0 Å². The van der Waals surface area contributed by atoms with E-state index in [4.69, 9.17) is 5.73 Å². The van der Waals surface area contributed by atoms with Crippen LogP contribution in [0, 0.1) is 11.6 Å². The lowest BCUT2D eigenvalue weighted by molar-refractivity contribution is 0.212. The Kier molecular flexibility index (Phi) is 3.80. The lowest BCUT2D eigenvalue weighted by atomic mass is 10.1. The van der Waals surface area contributed by atoms with Crippen molar-refractivity contribution in [1.29, 1.82) is 0 Å². The number of nitrogens with one attached hydrogen (secondary N) is 1. The molecular formula is C18H15F2N5O. The summed E-state index contributed by atoms with van der Waals surface area (Å²) in [5.41, 5.74) is 8.09. The van der Waals surface area contributed by atoms with E-state index in [0.29, 0.717) is 17.8 Å². The molecule has 0 unspecified atom stereocenters. The van der Waals surface area contributed by atoms with E-state index in [1.807, 2.05) is 0 Å². The highest BCUT2D eigenvalue weighted by Gasteiger charge is 2.26. The van der Waals surface area contributed by atoms with E-state index in [9.17, 15) is 13.6 Å². The number of halogens is 2. The average molecular weight is 355 g/mol. The minimum absolute atomic E-state index is 0.187. The number of carbonyl (C=O) groups excluding carboxylic acids is 1. The second-order valence-electron chi connectivity index (χ2n) is 6.02. The van der Waals surface area contributed by atoms with Gasteiger partial charge in [-0.2, -0.15) is 0 Å². The minimum atomic E-state index is -0.420. The number of urea groups is 1. The maximum Gasteiger partial charge on any atom is 0.323 e. The number of fused-ring (bicyclic) bond motifs is 1. The summed E-state index contributed by atoms with van der Waals surface area (Å²) in [6.07, 6.45) is 1.53. The Morgan fingerprint density at radius 2 is 1.88 bits per heavy atom. The molecule has 2 amide bonds. The van der Waals surface area contributed by atoms with Crippen molar-refractivity contribution in [2.45, 2.75) is 13.1 Å². The van der Waals surface area contributed by atoms with Crippen molar-refractivity contribution >= 4 is 17.5 Å². The number of rotatable bonds is 2. The fourth-order valence-corrected chi connectivity index (χ4v) is 2.92. The van der Waals surface area contributed by atoms with Gasteiger partial charge in [-0.05, 0) is 35.9 Å². The molecule has 0 saturated carbocycles. The summed E-state index contributed by atoms with van der Waals surface area (Å²) in [5.74, 6) is -0.489. The second-order valence-corrected chi connectivity index (χ2v) is 6.02. The SMILES string of the molecule is Nc1cn(-c2ccc(F)cc2)nc1NC(=O)N1Cc2cccc(F)c2C1. The number of aromatic nitrogens is 2. The second kappa shape index (κ2) is 6.14. The number of hydrogen-bond acceptors (Lipinski definition) is 3. The van der Waals surface area contributed by atoms with Crippen LogP contribution in [-0.2, 0) is 13.1 Å². The maximum atomic E-state index is 13.8. The zero-order chi connectivity index (χ0) is 18.3. The fourth-order valence-electron chi connectivity index (χ4n) is 2.92. The number of nitrogen functional groups attached to an aromatic ring is 1. The monoisotopic (exact) mass is 355 g/mol. The van der Waals surface area contributed by atoms with Crippen LogP contribution in [-0.4, -0.2) is 20.7 Å². The number of nitrogens with two attached hydrogens (primary N) is 1. The highest BCUT2D eigenvalue weighted by molar-refractivity contribution is 5.91. The van der Waals surface area contributed by atoms with Crippen LogP contribution in [0.2, 0.25) is 0 Å². The molecule has 0 atom stereocenters. The lowest BCUT2D eigenvalue weighted by Gasteiger charge is -2.15. The third-order valence-electron chi connectivity index (χ3n) is 4.27. The zero-order valence-electron chi connectivity index (χ0n) is 13.6. The van der Waals surface area contributed by atoms with Crippen LogP contribution >= 0.6 is 0 Å². The van der Waals surface area contributed by atoms with Gasteiger partial charge in [-0.1, -0.05) is 12.1 Å². The van der Waals surface area contributed by atoms with Gasteiger partial charge in [-0.15, -0.1) is 5.10 Å². The van der Waals surface area contributed by atoms with Gasteiger partial charge in [0.1, 0.15) is 11.6 Å². The molecule has 1 aliphatic rings. The number of amides is 2. The fraction of sp³-hybridized carbons (Fsp3) is 0.111. The summed E-state index contributed by atoms with van der Waals surface area (Å²) >= 11 is 0. The summed E-state index contributed by atoms with van der Waals surface area (Å²) in [4.78, 5) is 14.0. The van der Waals surface area contributed by atoms with E-state index in [0.717, 1.165) is 5.56 Å². The standard InChI is InChI=1S/C18H15F2N5O/c19-12-4-6-13(7-5-12)25-10-16(21)17(23-25)22-18(26)24-8-11-2-1-3-15(20)14(11)9-24/h1-7,10H,8-9,21H2,(H,22,23,26). The first-order valence-electron chi connectivity index (χ1n) is 7.94. The number of carbonyl (C=O) groups is 1. The quantitative estimate of drug-likeness (QED) is 0.741.